The lowest BCUT2D eigenvalue weighted by Crippen LogP contribution is -2.13. The average molecular weight is 270 g/mol. The van der Waals surface area contributed by atoms with Crippen LogP contribution in [0.15, 0.2) is 64.5 Å². The highest BCUT2D eigenvalue weighted by molar-refractivity contribution is 5.89. The zero-order valence-corrected chi connectivity index (χ0v) is 10.3. The van der Waals surface area contributed by atoms with E-state index in [-0.39, 0.29) is 0 Å². The highest BCUT2D eigenvalue weighted by atomic mass is 16.5. The Morgan fingerprint density at radius 3 is 2.10 bits per heavy atom. The van der Waals surface area contributed by atoms with Crippen molar-refractivity contribution in [2.75, 3.05) is 0 Å². The minimum atomic E-state index is -0.764. The number of esters is 1. The number of oxazole rings is 2. The fraction of sp³-hybridized carbons (Fsp3) is 0.0714. The maximum atomic E-state index is 12.1. The number of ether oxygens (including phenoxy) is 1. The summed E-state index contributed by atoms with van der Waals surface area (Å²) >= 11 is 0. The third kappa shape index (κ3) is 2.44. The summed E-state index contributed by atoms with van der Waals surface area (Å²) in [5.41, 5.74) is 1.34. The minimum Gasteiger partial charge on any atom is -0.451 e. The van der Waals surface area contributed by atoms with E-state index < -0.39 is 12.1 Å². The van der Waals surface area contributed by atoms with Crippen LogP contribution < -0.4 is 0 Å². The first-order chi connectivity index (χ1) is 9.84. The molecule has 0 aliphatic carbocycles. The van der Waals surface area contributed by atoms with Crippen molar-refractivity contribution in [2.45, 2.75) is 6.10 Å². The summed E-state index contributed by atoms with van der Waals surface area (Å²) in [5.74, 6) is -0.471. The molecule has 2 aromatic heterocycles. The SMILES string of the molecule is O=C(OC(c1cocn1)c1cocn1)c1ccccc1. The van der Waals surface area contributed by atoms with Gasteiger partial charge in [0, 0.05) is 0 Å². The standard InChI is InChI=1S/C14H10N2O4/c17-14(10-4-2-1-3-5-10)20-13(11-6-18-8-15-11)12-7-19-9-16-12/h1-9,13H. The maximum absolute atomic E-state index is 12.1. The lowest BCUT2D eigenvalue weighted by molar-refractivity contribution is 0.0363. The number of carbonyl (C=O) groups is 1. The van der Waals surface area contributed by atoms with Gasteiger partial charge in [0.05, 0.1) is 5.56 Å². The number of carbonyl (C=O) groups excluding carboxylic acids is 1. The van der Waals surface area contributed by atoms with Gasteiger partial charge in [-0.1, -0.05) is 18.2 Å². The second-order valence-electron chi connectivity index (χ2n) is 3.98. The molecule has 6 heteroatoms. The Morgan fingerprint density at radius 2 is 1.60 bits per heavy atom. The predicted octanol–water partition coefficient (Wildman–Crippen LogP) is 2.61. The molecule has 0 saturated heterocycles. The van der Waals surface area contributed by atoms with E-state index in [2.05, 4.69) is 9.97 Å². The molecule has 0 unspecified atom stereocenters. The van der Waals surface area contributed by atoms with Crippen molar-refractivity contribution in [3.63, 3.8) is 0 Å². The molecule has 3 rings (SSSR count). The normalized spacial score (nSPS) is 10.7. The molecule has 6 nitrogen and oxygen atoms in total. The van der Waals surface area contributed by atoms with E-state index in [1.807, 2.05) is 6.07 Å². The molecule has 0 bridgehead atoms. The summed E-state index contributed by atoms with van der Waals surface area (Å²) in [7, 11) is 0. The fourth-order valence-electron chi connectivity index (χ4n) is 1.72. The van der Waals surface area contributed by atoms with Crippen LogP contribution in [0.2, 0.25) is 0 Å². The number of benzene rings is 1. The molecule has 0 saturated carbocycles. The number of aromatic nitrogens is 2. The van der Waals surface area contributed by atoms with E-state index in [1.54, 1.807) is 24.3 Å². The van der Waals surface area contributed by atoms with Gasteiger partial charge in [0.25, 0.3) is 0 Å². The summed E-state index contributed by atoms with van der Waals surface area (Å²) in [5, 5.41) is 0. The van der Waals surface area contributed by atoms with Crippen molar-refractivity contribution in [2.24, 2.45) is 0 Å². The lowest BCUT2D eigenvalue weighted by Gasteiger charge is -2.12. The molecule has 0 atom stereocenters. The second kappa shape index (κ2) is 5.40. The minimum absolute atomic E-state index is 0.447. The molecule has 20 heavy (non-hydrogen) atoms. The fourth-order valence-corrected chi connectivity index (χ4v) is 1.72. The van der Waals surface area contributed by atoms with Gasteiger partial charge in [-0.25, -0.2) is 14.8 Å². The maximum Gasteiger partial charge on any atom is 0.339 e. The van der Waals surface area contributed by atoms with Crippen LogP contribution in [-0.4, -0.2) is 15.9 Å². The van der Waals surface area contributed by atoms with Gasteiger partial charge in [0.1, 0.15) is 23.9 Å². The molecule has 1 aromatic carbocycles. The van der Waals surface area contributed by atoms with Gasteiger partial charge in [-0.3, -0.25) is 0 Å². The molecular formula is C14H10N2O4. The van der Waals surface area contributed by atoms with Crippen molar-refractivity contribution >= 4 is 5.97 Å². The lowest BCUT2D eigenvalue weighted by atomic mass is 10.2. The Labute approximate surface area is 114 Å². The van der Waals surface area contributed by atoms with Gasteiger partial charge in [0.15, 0.2) is 18.9 Å². The highest BCUT2D eigenvalue weighted by Crippen LogP contribution is 2.24. The molecule has 0 aliphatic rings. The predicted molar refractivity (Wildman–Crippen MR) is 66.7 cm³/mol. The van der Waals surface area contributed by atoms with Crippen LogP contribution in [0.4, 0.5) is 0 Å². The number of nitrogens with zero attached hydrogens (tertiary/aromatic N) is 2. The van der Waals surface area contributed by atoms with E-state index in [9.17, 15) is 4.79 Å². The monoisotopic (exact) mass is 270 g/mol. The van der Waals surface area contributed by atoms with Gasteiger partial charge in [-0.15, -0.1) is 0 Å². The zero-order chi connectivity index (χ0) is 13.8. The molecule has 0 spiro atoms. The highest BCUT2D eigenvalue weighted by Gasteiger charge is 2.24. The Kier molecular flexibility index (Phi) is 3.28. The smallest absolute Gasteiger partial charge is 0.339 e. The van der Waals surface area contributed by atoms with E-state index in [0.717, 1.165) is 0 Å². The third-order valence-electron chi connectivity index (χ3n) is 2.67. The molecule has 0 fully saturated rings. The third-order valence-corrected chi connectivity index (χ3v) is 2.67. The van der Waals surface area contributed by atoms with Gasteiger partial charge in [-0.05, 0) is 12.1 Å². The van der Waals surface area contributed by atoms with Crippen LogP contribution in [0.25, 0.3) is 0 Å². The number of rotatable bonds is 4. The van der Waals surface area contributed by atoms with Crippen LogP contribution in [0, 0.1) is 0 Å². The van der Waals surface area contributed by atoms with E-state index in [4.69, 9.17) is 13.6 Å². The Bertz CT molecular complexity index is 628. The molecule has 0 radical (unpaired) electrons. The van der Waals surface area contributed by atoms with Crippen LogP contribution in [0.5, 0.6) is 0 Å². The van der Waals surface area contributed by atoms with Gasteiger partial charge >= 0.3 is 5.97 Å². The van der Waals surface area contributed by atoms with Crippen molar-refractivity contribution in [1.82, 2.24) is 9.97 Å². The van der Waals surface area contributed by atoms with Crippen molar-refractivity contribution in [1.29, 1.82) is 0 Å². The van der Waals surface area contributed by atoms with Gasteiger partial charge in [0.2, 0.25) is 0 Å². The average Bonchev–Trinajstić information content (AvgIpc) is 3.19. The molecular weight excluding hydrogens is 260 g/mol. The molecule has 0 aliphatic heterocycles. The van der Waals surface area contributed by atoms with Crippen molar-refractivity contribution in [3.8, 4) is 0 Å². The molecule has 0 N–H and O–H groups in total. The molecule has 3 aromatic rings. The topological polar surface area (TPSA) is 78.4 Å². The summed E-state index contributed by atoms with van der Waals surface area (Å²) < 4.78 is 15.3. The van der Waals surface area contributed by atoms with Gasteiger partial charge in [-0.2, -0.15) is 0 Å². The van der Waals surface area contributed by atoms with Crippen LogP contribution >= 0.6 is 0 Å². The van der Waals surface area contributed by atoms with Crippen LogP contribution in [-0.2, 0) is 4.74 Å². The zero-order valence-electron chi connectivity index (χ0n) is 10.3. The summed E-state index contributed by atoms with van der Waals surface area (Å²) in [6.45, 7) is 0. The van der Waals surface area contributed by atoms with Crippen molar-refractivity contribution in [3.05, 3.63) is 72.6 Å². The first-order valence-corrected chi connectivity index (χ1v) is 5.87. The largest absolute Gasteiger partial charge is 0.451 e. The van der Waals surface area contributed by atoms with Crippen LogP contribution in [0.1, 0.15) is 27.8 Å². The van der Waals surface area contributed by atoms with E-state index in [0.29, 0.717) is 17.0 Å². The van der Waals surface area contributed by atoms with Crippen molar-refractivity contribution < 1.29 is 18.4 Å². The summed E-state index contributed by atoms with van der Waals surface area (Å²) in [6, 6.07) is 8.69. The first-order valence-electron chi connectivity index (χ1n) is 5.87. The Morgan fingerprint density at radius 1 is 1.00 bits per heavy atom. The van der Waals surface area contributed by atoms with Gasteiger partial charge < -0.3 is 13.6 Å². The summed E-state index contributed by atoms with van der Waals surface area (Å²) in [4.78, 5) is 20.1. The van der Waals surface area contributed by atoms with E-state index in [1.165, 1.54) is 25.3 Å². The molecule has 0 amide bonds. The van der Waals surface area contributed by atoms with Crippen LogP contribution in [0.3, 0.4) is 0 Å². The number of hydrogen-bond donors (Lipinski definition) is 0. The Balaban J connectivity index is 1.86. The first kappa shape index (κ1) is 12.2. The number of hydrogen-bond acceptors (Lipinski definition) is 6. The quantitative estimate of drug-likeness (QED) is 0.678. The molecule has 100 valence electrons. The van der Waals surface area contributed by atoms with E-state index >= 15 is 0 Å². The molecule has 2 heterocycles. The second-order valence-corrected chi connectivity index (χ2v) is 3.98. The summed E-state index contributed by atoms with van der Waals surface area (Å²) in [6.07, 6.45) is 4.56. The Hall–Kier alpha value is -2.89.